The van der Waals surface area contributed by atoms with Crippen molar-refractivity contribution in [2.75, 3.05) is 18.9 Å². The second kappa shape index (κ2) is 3.49. The van der Waals surface area contributed by atoms with Crippen molar-refractivity contribution in [1.82, 2.24) is 4.57 Å². The van der Waals surface area contributed by atoms with E-state index in [2.05, 4.69) is 4.57 Å². The largest absolute Gasteiger partial charge is 0.397 e. The van der Waals surface area contributed by atoms with Crippen LogP contribution in [-0.4, -0.2) is 17.8 Å². The van der Waals surface area contributed by atoms with E-state index >= 15 is 0 Å². The van der Waals surface area contributed by atoms with Crippen LogP contribution < -0.4 is 5.73 Å². The van der Waals surface area contributed by atoms with Gasteiger partial charge in [-0.2, -0.15) is 0 Å². The van der Waals surface area contributed by atoms with Gasteiger partial charge in [0.25, 0.3) is 0 Å². The molecular weight excluding hydrogens is 207 g/mol. The fraction of sp³-hybridized carbons (Fsp3) is 0.333. The summed E-state index contributed by atoms with van der Waals surface area (Å²) in [4.78, 5) is 0. The van der Waals surface area contributed by atoms with Crippen molar-refractivity contribution in [3.63, 3.8) is 0 Å². The lowest BCUT2D eigenvalue weighted by Gasteiger charge is -2.11. The highest BCUT2D eigenvalue weighted by Crippen LogP contribution is 2.30. The first-order chi connectivity index (χ1) is 7.75. The minimum Gasteiger partial charge on any atom is -0.397 e. The van der Waals surface area contributed by atoms with Gasteiger partial charge in [0.05, 0.1) is 23.9 Å². The van der Waals surface area contributed by atoms with Gasteiger partial charge in [-0.15, -0.1) is 0 Å². The van der Waals surface area contributed by atoms with Crippen LogP contribution in [0.5, 0.6) is 0 Å². The summed E-state index contributed by atoms with van der Waals surface area (Å²) in [7, 11) is 0. The molecule has 0 bridgehead atoms. The van der Waals surface area contributed by atoms with E-state index in [1.54, 1.807) is 6.07 Å². The van der Waals surface area contributed by atoms with Crippen molar-refractivity contribution in [3.8, 4) is 0 Å². The van der Waals surface area contributed by atoms with Gasteiger partial charge in [0.15, 0.2) is 0 Å². The summed E-state index contributed by atoms with van der Waals surface area (Å²) in [6.45, 7) is 1.49. The van der Waals surface area contributed by atoms with Gasteiger partial charge >= 0.3 is 0 Å². The van der Waals surface area contributed by atoms with E-state index in [1.807, 2.05) is 6.20 Å². The van der Waals surface area contributed by atoms with Crippen molar-refractivity contribution in [2.24, 2.45) is 0 Å². The van der Waals surface area contributed by atoms with Gasteiger partial charge in [-0.1, -0.05) is 0 Å². The van der Waals surface area contributed by atoms with Crippen LogP contribution in [0.1, 0.15) is 12.5 Å². The molecule has 2 N–H and O–H groups in total. The number of nitrogens with zero attached hydrogens (tertiary/aromatic N) is 1. The second-order valence-electron chi connectivity index (χ2n) is 4.17. The summed E-state index contributed by atoms with van der Waals surface area (Å²) in [5.41, 5.74) is 7.49. The number of benzene rings is 1. The number of ether oxygens (including phenoxy) is 1. The zero-order valence-corrected chi connectivity index (χ0v) is 8.82. The van der Waals surface area contributed by atoms with E-state index in [4.69, 9.17) is 10.5 Å². The summed E-state index contributed by atoms with van der Waals surface area (Å²) in [5, 5.41) is 0.784. The molecule has 1 fully saturated rings. The van der Waals surface area contributed by atoms with Crippen LogP contribution in [0.4, 0.5) is 10.1 Å². The summed E-state index contributed by atoms with van der Waals surface area (Å²) in [6.07, 6.45) is 2.87. The fourth-order valence-electron chi connectivity index (χ4n) is 2.30. The van der Waals surface area contributed by atoms with Crippen molar-refractivity contribution in [1.29, 1.82) is 0 Å². The first-order valence-electron chi connectivity index (χ1n) is 5.39. The second-order valence-corrected chi connectivity index (χ2v) is 4.17. The van der Waals surface area contributed by atoms with Crippen LogP contribution in [-0.2, 0) is 4.74 Å². The van der Waals surface area contributed by atoms with Crippen LogP contribution in [0.3, 0.4) is 0 Å². The monoisotopic (exact) mass is 220 g/mol. The summed E-state index contributed by atoms with van der Waals surface area (Å²) < 4.78 is 20.6. The van der Waals surface area contributed by atoms with Gasteiger partial charge in [0.2, 0.25) is 0 Å². The van der Waals surface area contributed by atoms with Crippen molar-refractivity contribution in [3.05, 3.63) is 30.2 Å². The fourth-order valence-corrected chi connectivity index (χ4v) is 2.30. The van der Waals surface area contributed by atoms with Crippen LogP contribution in [0.15, 0.2) is 24.4 Å². The molecule has 2 aromatic rings. The highest BCUT2D eigenvalue weighted by molar-refractivity contribution is 5.92. The molecule has 1 atom stereocenters. The Morgan fingerprint density at radius 3 is 3.06 bits per heavy atom. The van der Waals surface area contributed by atoms with Crippen LogP contribution in [0, 0.1) is 5.82 Å². The van der Waals surface area contributed by atoms with Gasteiger partial charge in [-0.05, 0) is 24.6 Å². The molecule has 16 heavy (non-hydrogen) atoms. The molecule has 0 saturated carbocycles. The number of nitrogens with two attached hydrogens (primary N) is 1. The Balaban J connectivity index is 2.18. The van der Waals surface area contributed by atoms with Crippen LogP contribution in [0.25, 0.3) is 10.9 Å². The van der Waals surface area contributed by atoms with E-state index < -0.39 is 0 Å². The molecule has 4 heteroatoms. The number of rotatable bonds is 1. The molecule has 0 amide bonds. The quantitative estimate of drug-likeness (QED) is 0.801. The molecule has 0 aliphatic carbocycles. The number of anilines is 1. The Kier molecular flexibility index (Phi) is 2.11. The molecule has 84 valence electrons. The average molecular weight is 220 g/mol. The average Bonchev–Trinajstić information content (AvgIpc) is 2.87. The maximum Gasteiger partial charge on any atom is 0.124 e. The highest BCUT2D eigenvalue weighted by Gasteiger charge is 2.20. The number of nitrogen functional groups attached to an aromatic ring is 1. The minimum atomic E-state index is -0.250. The Hall–Kier alpha value is -1.55. The number of hydrogen-bond acceptors (Lipinski definition) is 2. The third-order valence-corrected chi connectivity index (χ3v) is 3.12. The molecule has 1 aromatic carbocycles. The number of fused-ring (bicyclic) bond motifs is 1. The Labute approximate surface area is 92.6 Å². The minimum absolute atomic E-state index is 0.250. The molecule has 2 heterocycles. The maximum absolute atomic E-state index is 13.1. The summed E-state index contributed by atoms with van der Waals surface area (Å²) in [5.74, 6) is -0.250. The van der Waals surface area contributed by atoms with Gasteiger partial charge in [0, 0.05) is 18.2 Å². The summed E-state index contributed by atoms with van der Waals surface area (Å²) in [6, 6.07) is 5.05. The molecule has 1 aliphatic heterocycles. The van der Waals surface area contributed by atoms with E-state index in [0.717, 1.165) is 23.9 Å². The van der Waals surface area contributed by atoms with Crippen molar-refractivity contribution in [2.45, 2.75) is 12.5 Å². The molecule has 3 nitrogen and oxygen atoms in total. The predicted octanol–water partition coefficient (Wildman–Crippen LogP) is 2.32. The van der Waals surface area contributed by atoms with E-state index in [0.29, 0.717) is 18.3 Å². The molecule has 0 radical (unpaired) electrons. The summed E-state index contributed by atoms with van der Waals surface area (Å²) >= 11 is 0. The van der Waals surface area contributed by atoms with Gasteiger partial charge < -0.3 is 15.0 Å². The number of halogens is 1. The lowest BCUT2D eigenvalue weighted by molar-refractivity contribution is 0.187. The molecule has 1 aromatic heterocycles. The Bertz CT molecular complexity index is 529. The normalized spacial score (nSPS) is 20.7. The first-order valence-corrected chi connectivity index (χ1v) is 5.39. The third kappa shape index (κ3) is 1.38. The van der Waals surface area contributed by atoms with E-state index in [-0.39, 0.29) is 5.82 Å². The van der Waals surface area contributed by atoms with Gasteiger partial charge in [-0.3, -0.25) is 0 Å². The number of aromatic nitrogens is 1. The standard InChI is InChI=1S/C12H13FN2O/c13-8-1-2-12-10(5-8)11(14)6-15(12)9-3-4-16-7-9/h1-2,5-6,9H,3-4,7,14H2. The molecule has 1 aliphatic rings. The molecule has 1 unspecified atom stereocenters. The van der Waals surface area contributed by atoms with Crippen LogP contribution >= 0.6 is 0 Å². The zero-order valence-electron chi connectivity index (χ0n) is 8.82. The van der Waals surface area contributed by atoms with Crippen LogP contribution in [0.2, 0.25) is 0 Å². The lowest BCUT2D eigenvalue weighted by Crippen LogP contribution is -2.06. The maximum atomic E-state index is 13.1. The van der Waals surface area contributed by atoms with Gasteiger partial charge in [0.1, 0.15) is 5.82 Å². The Morgan fingerprint density at radius 2 is 2.31 bits per heavy atom. The van der Waals surface area contributed by atoms with Gasteiger partial charge in [-0.25, -0.2) is 4.39 Å². The van der Waals surface area contributed by atoms with E-state index in [9.17, 15) is 4.39 Å². The first kappa shape index (κ1) is 9.66. The number of hydrogen-bond donors (Lipinski definition) is 1. The Morgan fingerprint density at radius 1 is 1.44 bits per heavy atom. The zero-order chi connectivity index (χ0) is 11.1. The molecule has 0 spiro atoms. The lowest BCUT2D eigenvalue weighted by atomic mass is 10.2. The predicted molar refractivity (Wildman–Crippen MR) is 60.8 cm³/mol. The van der Waals surface area contributed by atoms with Crippen molar-refractivity contribution < 1.29 is 9.13 Å². The van der Waals surface area contributed by atoms with E-state index in [1.165, 1.54) is 12.1 Å². The SMILES string of the molecule is Nc1cn(C2CCOC2)c2ccc(F)cc12. The molecule has 1 saturated heterocycles. The topological polar surface area (TPSA) is 40.2 Å². The van der Waals surface area contributed by atoms with Crippen molar-refractivity contribution >= 4 is 16.6 Å². The molecular formula is C12H13FN2O. The third-order valence-electron chi connectivity index (χ3n) is 3.12. The molecule has 3 rings (SSSR count). The smallest absolute Gasteiger partial charge is 0.124 e. The highest BCUT2D eigenvalue weighted by atomic mass is 19.1.